The van der Waals surface area contributed by atoms with Gasteiger partial charge in [0.25, 0.3) is 0 Å². The van der Waals surface area contributed by atoms with E-state index < -0.39 is 5.97 Å². The number of piperazine rings is 1. The second kappa shape index (κ2) is 11.8. The molecule has 1 aliphatic rings. The maximum atomic E-state index is 13.6. The lowest BCUT2D eigenvalue weighted by molar-refractivity contribution is -0.130. The molecule has 2 heterocycles. The lowest BCUT2D eigenvalue weighted by atomic mass is 9.97. The lowest BCUT2D eigenvalue weighted by Crippen LogP contribution is -2.48. The van der Waals surface area contributed by atoms with Crippen molar-refractivity contribution >= 4 is 28.5 Å². The molecule has 5 rings (SSSR count). The first-order valence-corrected chi connectivity index (χ1v) is 14.3. The molecule has 1 fully saturated rings. The molecule has 0 bridgehead atoms. The van der Waals surface area contributed by atoms with Gasteiger partial charge in [0.15, 0.2) is 5.43 Å². The van der Waals surface area contributed by atoms with Gasteiger partial charge in [-0.05, 0) is 57.0 Å². The maximum Gasteiger partial charge on any atom is 0.337 e. The Labute approximate surface area is 245 Å². The van der Waals surface area contributed by atoms with Gasteiger partial charge in [0, 0.05) is 61.5 Å². The van der Waals surface area contributed by atoms with Crippen LogP contribution in [0.1, 0.15) is 65.5 Å². The third-order valence-corrected chi connectivity index (χ3v) is 8.35. The fraction of sp³-hybridized carbons (Fsp3) is 0.324. The summed E-state index contributed by atoms with van der Waals surface area (Å²) in [5.41, 5.74) is 5.27. The molecule has 1 aromatic heterocycles. The number of hydrogen-bond acceptors (Lipinski definition) is 6. The van der Waals surface area contributed by atoms with Gasteiger partial charge in [-0.3, -0.25) is 14.5 Å². The summed E-state index contributed by atoms with van der Waals surface area (Å²) in [5.74, 6) is -0.377. The Morgan fingerprint density at radius 2 is 1.62 bits per heavy atom. The van der Waals surface area contributed by atoms with Crippen LogP contribution in [0.4, 0.5) is 5.69 Å². The highest BCUT2D eigenvalue weighted by atomic mass is 16.4. The lowest BCUT2D eigenvalue weighted by Gasteiger charge is -2.37. The van der Waals surface area contributed by atoms with Crippen LogP contribution in [0.3, 0.4) is 0 Å². The number of carboxylic acid groups (broad SMARTS) is 1. The van der Waals surface area contributed by atoms with Crippen LogP contribution in [0.25, 0.3) is 22.3 Å². The van der Waals surface area contributed by atoms with Gasteiger partial charge in [0.1, 0.15) is 11.3 Å². The molecule has 42 heavy (non-hydrogen) atoms. The van der Waals surface area contributed by atoms with E-state index in [1.54, 1.807) is 38.1 Å². The van der Waals surface area contributed by atoms with Crippen molar-refractivity contribution in [2.24, 2.45) is 0 Å². The Balaban J connectivity index is 1.47. The van der Waals surface area contributed by atoms with Gasteiger partial charge in [-0.15, -0.1) is 0 Å². The van der Waals surface area contributed by atoms with Crippen molar-refractivity contribution in [3.63, 3.8) is 0 Å². The van der Waals surface area contributed by atoms with Crippen LogP contribution >= 0.6 is 0 Å². The van der Waals surface area contributed by atoms with Crippen LogP contribution in [0.2, 0.25) is 0 Å². The molecule has 3 aromatic carbocycles. The molecule has 1 unspecified atom stereocenters. The van der Waals surface area contributed by atoms with E-state index in [9.17, 15) is 19.5 Å². The van der Waals surface area contributed by atoms with E-state index in [2.05, 4.69) is 29.3 Å². The zero-order chi connectivity index (χ0) is 30.1. The van der Waals surface area contributed by atoms with Crippen LogP contribution in [0, 0.1) is 13.8 Å². The molecule has 0 radical (unpaired) electrons. The SMILES string of the molecule is CC(=O)N1CCN(C(C)c2ccc(-c3oc4c([C@@H](C)Nc5ccccc5C(=O)O)cc(C)cc4c(=O)c3C)cc2)CC1. The van der Waals surface area contributed by atoms with Crippen molar-refractivity contribution in [2.75, 3.05) is 31.5 Å². The molecule has 0 saturated carbocycles. The fourth-order valence-corrected chi connectivity index (χ4v) is 5.82. The monoisotopic (exact) mass is 567 g/mol. The summed E-state index contributed by atoms with van der Waals surface area (Å²) in [4.78, 5) is 41.3. The summed E-state index contributed by atoms with van der Waals surface area (Å²) in [7, 11) is 0. The predicted octanol–water partition coefficient (Wildman–Crippen LogP) is 6.17. The zero-order valence-corrected chi connectivity index (χ0v) is 24.7. The second-order valence-electron chi connectivity index (χ2n) is 11.2. The van der Waals surface area contributed by atoms with Crippen molar-refractivity contribution < 1.29 is 19.1 Å². The number of anilines is 1. The van der Waals surface area contributed by atoms with Crippen molar-refractivity contribution in [1.82, 2.24) is 9.80 Å². The van der Waals surface area contributed by atoms with Crippen molar-refractivity contribution in [1.29, 1.82) is 0 Å². The van der Waals surface area contributed by atoms with E-state index in [4.69, 9.17) is 4.42 Å². The number of carbonyl (C=O) groups excluding carboxylic acids is 1. The molecule has 0 spiro atoms. The summed E-state index contributed by atoms with van der Waals surface area (Å²) in [6.45, 7) is 12.6. The number of hydrogen-bond donors (Lipinski definition) is 2. The molecule has 0 aliphatic carbocycles. The average Bonchev–Trinajstić information content (AvgIpc) is 2.98. The molecule has 8 nitrogen and oxygen atoms in total. The molecular weight excluding hydrogens is 530 g/mol. The van der Waals surface area contributed by atoms with Gasteiger partial charge < -0.3 is 19.7 Å². The summed E-state index contributed by atoms with van der Waals surface area (Å²) in [5, 5.41) is 13.4. The number of nitrogens with one attached hydrogen (secondary N) is 1. The van der Waals surface area contributed by atoms with E-state index in [0.29, 0.717) is 28.0 Å². The molecular formula is C34H37N3O5. The van der Waals surface area contributed by atoms with Gasteiger partial charge in [-0.2, -0.15) is 0 Å². The topological polar surface area (TPSA) is 103 Å². The summed E-state index contributed by atoms with van der Waals surface area (Å²) in [6, 6.07) is 18.6. The number of nitrogens with zero attached hydrogens (tertiary/aromatic N) is 2. The number of amides is 1. The summed E-state index contributed by atoms with van der Waals surface area (Å²) in [6.07, 6.45) is 0. The van der Waals surface area contributed by atoms with E-state index in [0.717, 1.165) is 48.4 Å². The first-order valence-electron chi connectivity index (χ1n) is 14.3. The minimum absolute atomic E-state index is 0.0878. The van der Waals surface area contributed by atoms with Crippen LogP contribution in [-0.2, 0) is 4.79 Å². The Kier molecular flexibility index (Phi) is 8.18. The van der Waals surface area contributed by atoms with Crippen LogP contribution in [-0.4, -0.2) is 53.0 Å². The molecule has 1 saturated heterocycles. The molecule has 218 valence electrons. The molecule has 1 aliphatic heterocycles. The quantitative estimate of drug-likeness (QED) is 0.275. The number of para-hydroxylation sites is 1. The smallest absolute Gasteiger partial charge is 0.337 e. The van der Waals surface area contributed by atoms with Gasteiger partial charge in [0.05, 0.1) is 17.0 Å². The second-order valence-corrected chi connectivity index (χ2v) is 11.2. The Morgan fingerprint density at radius 1 is 0.952 bits per heavy atom. The number of benzene rings is 3. The van der Waals surface area contributed by atoms with Gasteiger partial charge in [-0.25, -0.2) is 4.79 Å². The highest BCUT2D eigenvalue weighted by Gasteiger charge is 2.24. The van der Waals surface area contributed by atoms with E-state index in [-0.39, 0.29) is 29.0 Å². The van der Waals surface area contributed by atoms with Crippen LogP contribution < -0.4 is 10.7 Å². The normalized spacial score (nSPS) is 15.4. The number of rotatable bonds is 7. The van der Waals surface area contributed by atoms with Crippen molar-refractivity contribution in [2.45, 2.75) is 46.7 Å². The third-order valence-electron chi connectivity index (χ3n) is 8.35. The fourth-order valence-electron chi connectivity index (χ4n) is 5.82. The summed E-state index contributed by atoms with van der Waals surface area (Å²) >= 11 is 0. The summed E-state index contributed by atoms with van der Waals surface area (Å²) < 4.78 is 6.53. The number of carboxylic acids is 1. The van der Waals surface area contributed by atoms with E-state index >= 15 is 0 Å². The van der Waals surface area contributed by atoms with Crippen LogP contribution in [0.15, 0.2) is 69.9 Å². The number of fused-ring (bicyclic) bond motifs is 1. The highest BCUT2D eigenvalue weighted by Crippen LogP contribution is 2.33. The minimum Gasteiger partial charge on any atom is -0.478 e. The zero-order valence-electron chi connectivity index (χ0n) is 24.7. The number of aromatic carboxylic acids is 1. The largest absolute Gasteiger partial charge is 0.478 e. The van der Waals surface area contributed by atoms with Crippen molar-refractivity contribution in [3.05, 3.63) is 98.7 Å². The molecule has 4 aromatic rings. The number of aryl methyl sites for hydroxylation is 1. The first kappa shape index (κ1) is 29.1. The van der Waals surface area contributed by atoms with E-state index in [1.165, 1.54) is 0 Å². The highest BCUT2D eigenvalue weighted by molar-refractivity contribution is 5.94. The number of carbonyl (C=O) groups is 2. The minimum atomic E-state index is -1.01. The van der Waals surface area contributed by atoms with Gasteiger partial charge in [0.2, 0.25) is 5.91 Å². The van der Waals surface area contributed by atoms with Gasteiger partial charge >= 0.3 is 5.97 Å². The molecule has 2 N–H and O–H groups in total. The predicted molar refractivity (Wildman–Crippen MR) is 165 cm³/mol. The first-order chi connectivity index (χ1) is 20.0. The van der Waals surface area contributed by atoms with E-state index in [1.807, 2.05) is 43.0 Å². The molecule has 1 amide bonds. The average molecular weight is 568 g/mol. The van der Waals surface area contributed by atoms with Gasteiger partial charge in [-0.1, -0.05) is 42.5 Å². The van der Waals surface area contributed by atoms with Crippen LogP contribution in [0.5, 0.6) is 0 Å². The maximum absolute atomic E-state index is 13.6. The standard InChI is InChI=1S/C34H37N3O5/c1-20-18-28(22(3)35-30-9-7-6-8-27(30)34(40)41)33-29(19-20)31(39)21(2)32(42-33)26-12-10-25(11-13-26)23(4)36-14-16-37(17-15-36)24(5)38/h6-13,18-19,22-23,35H,14-17H2,1-5H3,(H,40,41)/t22-,23?/m1/s1. The molecule has 2 atom stereocenters. The Bertz CT molecular complexity index is 1700. The Morgan fingerprint density at radius 3 is 2.26 bits per heavy atom. The Hall–Kier alpha value is -4.43. The van der Waals surface area contributed by atoms with Crippen molar-refractivity contribution in [3.8, 4) is 11.3 Å². The molecule has 8 heteroatoms. The third kappa shape index (κ3) is 5.67.